The van der Waals surface area contributed by atoms with Crippen LogP contribution < -0.4 is 10.6 Å². The molecule has 3 aromatic rings. The Hall–Kier alpha value is -4.27. The van der Waals surface area contributed by atoms with Crippen LogP contribution in [0.4, 0.5) is 9.18 Å². The van der Waals surface area contributed by atoms with Gasteiger partial charge in [0.1, 0.15) is 5.82 Å². The molecule has 1 fully saturated rings. The average molecular weight is 432 g/mol. The Morgan fingerprint density at radius 2 is 1.84 bits per heavy atom. The van der Waals surface area contributed by atoms with Crippen molar-refractivity contribution in [1.29, 1.82) is 0 Å². The molecule has 0 aliphatic carbocycles. The molecule has 0 bridgehead atoms. The van der Waals surface area contributed by atoms with Gasteiger partial charge < -0.3 is 15.3 Å². The smallest absolute Gasteiger partial charge is 0.322 e. The van der Waals surface area contributed by atoms with E-state index in [2.05, 4.69) is 15.6 Å². The molecule has 3 N–H and O–H groups in total. The Morgan fingerprint density at radius 3 is 2.53 bits per heavy atom. The van der Waals surface area contributed by atoms with Crippen LogP contribution in [0, 0.1) is 5.82 Å². The van der Waals surface area contributed by atoms with Crippen LogP contribution in [-0.4, -0.2) is 39.4 Å². The molecule has 160 valence electrons. The van der Waals surface area contributed by atoms with Gasteiger partial charge in [-0.3, -0.25) is 14.9 Å². The molecular weight excluding hydrogens is 415 g/mol. The maximum absolute atomic E-state index is 13.6. The fourth-order valence-electron chi connectivity index (χ4n) is 4.20. The topological polar surface area (TPSA) is 112 Å². The van der Waals surface area contributed by atoms with E-state index in [0.29, 0.717) is 22.3 Å². The van der Waals surface area contributed by atoms with Gasteiger partial charge in [0, 0.05) is 23.9 Å². The zero-order valence-electron chi connectivity index (χ0n) is 16.6. The van der Waals surface area contributed by atoms with Gasteiger partial charge in [-0.25, -0.2) is 14.2 Å². The number of urea groups is 1. The van der Waals surface area contributed by atoms with E-state index in [4.69, 9.17) is 0 Å². The van der Waals surface area contributed by atoms with Gasteiger partial charge in [-0.05, 0) is 41.0 Å². The van der Waals surface area contributed by atoms with Gasteiger partial charge >= 0.3 is 6.03 Å². The Bertz CT molecular complexity index is 1280. The largest absolute Gasteiger partial charge is 0.493 e. The first-order valence-electron chi connectivity index (χ1n) is 9.83. The number of benzene rings is 2. The Balaban J connectivity index is 1.50. The van der Waals surface area contributed by atoms with E-state index in [9.17, 15) is 23.9 Å². The highest BCUT2D eigenvalue weighted by Crippen LogP contribution is 2.33. The van der Waals surface area contributed by atoms with Gasteiger partial charge in [0.25, 0.3) is 11.8 Å². The third kappa shape index (κ3) is 3.06. The minimum absolute atomic E-state index is 0.128. The van der Waals surface area contributed by atoms with E-state index in [1.54, 1.807) is 36.4 Å². The summed E-state index contributed by atoms with van der Waals surface area (Å²) in [6, 6.07) is 13.4. The first kappa shape index (κ1) is 19.7. The molecule has 2 aliphatic rings. The van der Waals surface area contributed by atoms with Crippen LogP contribution >= 0.6 is 0 Å². The maximum atomic E-state index is 13.6. The minimum atomic E-state index is -1.51. The summed E-state index contributed by atoms with van der Waals surface area (Å²) in [5.41, 5.74) is 1.02. The average Bonchev–Trinajstić information content (AvgIpc) is 3.24. The molecular formula is C23H17FN4O4. The van der Waals surface area contributed by atoms with Gasteiger partial charge in [-0.1, -0.05) is 30.3 Å². The molecule has 0 radical (unpaired) electrons. The second kappa shape index (κ2) is 7.16. The second-order valence-corrected chi connectivity index (χ2v) is 7.73. The summed E-state index contributed by atoms with van der Waals surface area (Å²) in [7, 11) is 0. The number of carbonyl (C=O) groups excluding carboxylic acids is 3. The molecule has 0 saturated carbocycles. The summed E-state index contributed by atoms with van der Waals surface area (Å²) in [5, 5.41) is 14.9. The highest BCUT2D eigenvalue weighted by Gasteiger charge is 2.50. The lowest BCUT2D eigenvalue weighted by molar-refractivity contribution is -0.124. The number of aromatic hydroxyl groups is 1. The van der Waals surface area contributed by atoms with Gasteiger partial charge in [0.15, 0.2) is 5.54 Å². The monoisotopic (exact) mass is 432 g/mol. The molecule has 2 aliphatic heterocycles. The first-order valence-corrected chi connectivity index (χ1v) is 9.83. The molecule has 1 atom stereocenters. The molecule has 5 rings (SSSR count). The summed E-state index contributed by atoms with van der Waals surface area (Å²) >= 11 is 0. The van der Waals surface area contributed by atoms with Crippen molar-refractivity contribution < 1.29 is 23.9 Å². The van der Waals surface area contributed by atoms with Crippen LogP contribution in [0.5, 0.6) is 5.88 Å². The Morgan fingerprint density at radius 1 is 1.06 bits per heavy atom. The number of hydrogen-bond acceptors (Lipinski definition) is 5. The number of imide groups is 1. The molecule has 1 saturated heterocycles. The van der Waals surface area contributed by atoms with Crippen LogP contribution in [-0.2, 0) is 16.9 Å². The van der Waals surface area contributed by atoms with Crippen molar-refractivity contribution in [2.24, 2.45) is 0 Å². The SMILES string of the molecule is O=C1NC(=O)[C@](CN2Cc3ccc(F)cc3C2=O)(c2ccc(-c3cccnc3O)cc2)N1. The lowest BCUT2D eigenvalue weighted by Crippen LogP contribution is -2.52. The number of nitrogens with one attached hydrogen (secondary N) is 2. The molecule has 1 aromatic heterocycles. The number of carbonyl (C=O) groups is 3. The van der Waals surface area contributed by atoms with Crippen LogP contribution in [0.25, 0.3) is 11.1 Å². The van der Waals surface area contributed by atoms with Gasteiger partial charge in [-0.15, -0.1) is 0 Å². The molecule has 0 spiro atoms. The lowest BCUT2D eigenvalue weighted by Gasteiger charge is -2.31. The second-order valence-electron chi connectivity index (χ2n) is 7.73. The van der Waals surface area contributed by atoms with E-state index in [0.717, 1.165) is 0 Å². The number of nitrogens with zero attached hydrogens (tertiary/aromatic N) is 2. The van der Waals surface area contributed by atoms with Crippen molar-refractivity contribution in [3.63, 3.8) is 0 Å². The summed E-state index contributed by atoms with van der Waals surface area (Å²) in [4.78, 5) is 43.1. The van der Waals surface area contributed by atoms with Crippen molar-refractivity contribution in [1.82, 2.24) is 20.5 Å². The zero-order chi connectivity index (χ0) is 22.5. The van der Waals surface area contributed by atoms with Crippen molar-refractivity contribution in [3.05, 3.63) is 83.3 Å². The molecule has 8 nitrogen and oxygen atoms in total. The molecule has 9 heteroatoms. The van der Waals surface area contributed by atoms with E-state index >= 15 is 0 Å². The molecule has 4 amide bonds. The van der Waals surface area contributed by atoms with E-state index in [-0.39, 0.29) is 24.5 Å². The molecule has 3 heterocycles. The fourth-order valence-corrected chi connectivity index (χ4v) is 4.20. The molecule has 32 heavy (non-hydrogen) atoms. The van der Waals surface area contributed by atoms with Crippen LogP contribution in [0.2, 0.25) is 0 Å². The number of hydrogen-bond donors (Lipinski definition) is 3. The van der Waals surface area contributed by atoms with E-state index in [1.165, 1.54) is 29.3 Å². The number of rotatable bonds is 4. The van der Waals surface area contributed by atoms with Crippen molar-refractivity contribution >= 4 is 17.8 Å². The Kier molecular flexibility index (Phi) is 4.40. The number of fused-ring (bicyclic) bond motifs is 1. The summed E-state index contributed by atoms with van der Waals surface area (Å²) in [6.07, 6.45) is 1.47. The highest BCUT2D eigenvalue weighted by molar-refractivity contribution is 6.08. The number of aromatic nitrogens is 1. The standard InChI is InChI=1S/C23H17FN4O4/c24-16-8-5-14-11-28(20(30)18(14)10-16)12-23(21(31)26-22(32)27-23)15-6-3-13(4-7-15)17-2-1-9-25-19(17)29/h1-10H,11-12H2,(H,25,29)(H2,26,27,31,32)/t23-/m0/s1. The fraction of sp³-hybridized carbons (Fsp3) is 0.130. The molecule has 2 aromatic carbocycles. The van der Waals surface area contributed by atoms with Crippen molar-refractivity contribution in [2.75, 3.05) is 6.54 Å². The predicted octanol–water partition coefficient (Wildman–Crippen LogP) is 2.28. The highest BCUT2D eigenvalue weighted by atomic mass is 19.1. The molecule has 0 unspecified atom stereocenters. The minimum Gasteiger partial charge on any atom is -0.493 e. The summed E-state index contributed by atoms with van der Waals surface area (Å²) < 4.78 is 13.6. The lowest BCUT2D eigenvalue weighted by atomic mass is 9.88. The van der Waals surface area contributed by atoms with Crippen molar-refractivity contribution in [3.8, 4) is 17.0 Å². The third-order valence-electron chi connectivity index (χ3n) is 5.80. The summed E-state index contributed by atoms with van der Waals surface area (Å²) in [6.45, 7) is 0.0676. The normalized spacial score (nSPS) is 19.7. The Labute approximate surface area is 181 Å². The summed E-state index contributed by atoms with van der Waals surface area (Å²) in [5.74, 6) is -1.65. The maximum Gasteiger partial charge on any atom is 0.322 e. The number of pyridine rings is 1. The first-order chi connectivity index (χ1) is 15.4. The van der Waals surface area contributed by atoms with Crippen LogP contribution in [0.1, 0.15) is 21.5 Å². The van der Waals surface area contributed by atoms with Crippen molar-refractivity contribution in [2.45, 2.75) is 12.1 Å². The van der Waals surface area contributed by atoms with Gasteiger partial charge in [0.05, 0.1) is 6.54 Å². The van der Waals surface area contributed by atoms with Crippen LogP contribution in [0.3, 0.4) is 0 Å². The van der Waals surface area contributed by atoms with E-state index < -0.39 is 29.2 Å². The number of halogens is 1. The van der Waals surface area contributed by atoms with E-state index in [1.807, 2.05) is 0 Å². The van der Waals surface area contributed by atoms with Gasteiger partial charge in [0.2, 0.25) is 5.88 Å². The van der Waals surface area contributed by atoms with Gasteiger partial charge in [-0.2, -0.15) is 0 Å². The zero-order valence-corrected chi connectivity index (χ0v) is 16.6. The number of amides is 4. The third-order valence-corrected chi connectivity index (χ3v) is 5.80. The quantitative estimate of drug-likeness (QED) is 0.548. The predicted molar refractivity (Wildman–Crippen MR) is 111 cm³/mol. The van der Waals surface area contributed by atoms with Crippen LogP contribution in [0.15, 0.2) is 60.8 Å².